The van der Waals surface area contributed by atoms with Gasteiger partial charge in [0.2, 0.25) is 0 Å². The van der Waals surface area contributed by atoms with Gasteiger partial charge in [0.25, 0.3) is 0 Å². The maximum Gasteiger partial charge on any atom is 0.191 e. The molecule has 0 amide bonds. The van der Waals surface area contributed by atoms with Crippen LogP contribution in [0.25, 0.3) is 0 Å². The molecule has 1 saturated heterocycles. The third kappa shape index (κ3) is 6.37. The van der Waals surface area contributed by atoms with E-state index in [1.165, 1.54) is 0 Å². The second kappa shape index (κ2) is 10.2. The molecule has 6 nitrogen and oxygen atoms in total. The molecule has 0 aromatic heterocycles. The van der Waals surface area contributed by atoms with Crippen LogP contribution >= 0.6 is 0 Å². The van der Waals surface area contributed by atoms with Crippen LogP contribution in [0.3, 0.4) is 0 Å². The summed E-state index contributed by atoms with van der Waals surface area (Å²) in [6, 6.07) is 10.4. The van der Waals surface area contributed by atoms with Crippen molar-refractivity contribution in [1.29, 1.82) is 0 Å². The average molecular weight is 333 g/mol. The highest BCUT2D eigenvalue weighted by molar-refractivity contribution is 5.79. The molecule has 1 aliphatic heterocycles. The fourth-order valence-corrected chi connectivity index (χ4v) is 2.74. The number of rotatable bonds is 7. The van der Waals surface area contributed by atoms with Crippen molar-refractivity contribution < 1.29 is 4.74 Å². The molecule has 0 radical (unpaired) electrons. The fraction of sp³-hybridized carbons (Fsp3) is 0.611. The molecule has 1 aromatic carbocycles. The zero-order valence-corrected chi connectivity index (χ0v) is 15.2. The van der Waals surface area contributed by atoms with Crippen molar-refractivity contribution in [1.82, 2.24) is 20.4 Å². The molecular formula is C18H31N5O. The van der Waals surface area contributed by atoms with Gasteiger partial charge in [-0.05, 0) is 32.6 Å². The Morgan fingerprint density at radius 3 is 2.75 bits per heavy atom. The molecule has 1 aromatic rings. The summed E-state index contributed by atoms with van der Waals surface area (Å²) in [6.07, 6.45) is 0.932. The van der Waals surface area contributed by atoms with Crippen LogP contribution in [0.15, 0.2) is 35.3 Å². The molecule has 1 aliphatic rings. The number of benzene rings is 1. The van der Waals surface area contributed by atoms with E-state index >= 15 is 0 Å². The van der Waals surface area contributed by atoms with Crippen LogP contribution in [-0.4, -0.2) is 82.3 Å². The van der Waals surface area contributed by atoms with Gasteiger partial charge in [-0.3, -0.25) is 9.89 Å². The number of nitrogens with one attached hydrogen (secondary N) is 2. The number of hydrogen-bond donors (Lipinski definition) is 2. The SMILES string of the molecule is CN=C(NCCCOc1ccccc1)NCC1CN(C)CCN1C. The van der Waals surface area contributed by atoms with Gasteiger partial charge in [0.05, 0.1) is 6.61 Å². The quantitative estimate of drug-likeness (QED) is 0.440. The van der Waals surface area contributed by atoms with Crippen molar-refractivity contribution in [3.05, 3.63) is 30.3 Å². The van der Waals surface area contributed by atoms with Gasteiger partial charge in [0, 0.05) is 45.8 Å². The van der Waals surface area contributed by atoms with E-state index in [-0.39, 0.29) is 0 Å². The molecule has 0 aliphatic carbocycles. The first-order valence-electron chi connectivity index (χ1n) is 8.70. The Labute approximate surface area is 145 Å². The number of nitrogens with zero attached hydrogens (tertiary/aromatic N) is 3. The summed E-state index contributed by atoms with van der Waals surface area (Å²) in [6.45, 7) is 5.79. The van der Waals surface area contributed by atoms with Crippen LogP contribution in [0, 0.1) is 0 Å². The fourth-order valence-electron chi connectivity index (χ4n) is 2.74. The second-order valence-corrected chi connectivity index (χ2v) is 6.29. The van der Waals surface area contributed by atoms with E-state index in [9.17, 15) is 0 Å². The van der Waals surface area contributed by atoms with E-state index in [1.807, 2.05) is 37.4 Å². The van der Waals surface area contributed by atoms with Crippen molar-refractivity contribution in [3.63, 3.8) is 0 Å². The predicted molar refractivity (Wildman–Crippen MR) is 99.8 cm³/mol. The maximum absolute atomic E-state index is 5.69. The largest absolute Gasteiger partial charge is 0.494 e. The van der Waals surface area contributed by atoms with Crippen LogP contribution in [0.2, 0.25) is 0 Å². The molecule has 1 heterocycles. The van der Waals surface area contributed by atoms with Gasteiger partial charge >= 0.3 is 0 Å². The molecule has 6 heteroatoms. The number of hydrogen-bond acceptors (Lipinski definition) is 4. The number of guanidine groups is 1. The smallest absolute Gasteiger partial charge is 0.191 e. The number of ether oxygens (including phenoxy) is 1. The van der Waals surface area contributed by atoms with E-state index in [2.05, 4.69) is 39.5 Å². The normalized spacial score (nSPS) is 20.0. The number of aliphatic imine (C=N–C) groups is 1. The summed E-state index contributed by atoms with van der Waals surface area (Å²) in [4.78, 5) is 9.08. The molecule has 2 rings (SSSR count). The molecule has 134 valence electrons. The summed E-state index contributed by atoms with van der Waals surface area (Å²) in [7, 11) is 6.18. The highest BCUT2D eigenvalue weighted by atomic mass is 16.5. The van der Waals surface area contributed by atoms with Gasteiger partial charge in [0.1, 0.15) is 5.75 Å². The van der Waals surface area contributed by atoms with E-state index in [0.29, 0.717) is 12.6 Å². The van der Waals surface area contributed by atoms with Crippen LogP contribution < -0.4 is 15.4 Å². The molecule has 0 saturated carbocycles. The monoisotopic (exact) mass is 333 g/mol. The van der Waals surface area contributed by atoms with Gasteiger partial charge in [-0.25, -0.2) is 0 Å². The Morgan fingerprint density at radius 1 is 1.21 bits per heavy atom. The second-order valence-electron chi connectivity index (χ2n) is 6.29. The highest BCUT2D eigenvalue weighted by Crippen LogP contribution is 2.08. The van der Waals surface area contributed by atoms with Gasteiger partial charge < -0.3 is 20.3 Å². The van der Waals surface area contributed by atoms with Crippen LogP contribution in [0.5, 0.6) is 5.75 Å². The lowest BCUT2D eigenvalue weighted by molar-refractivity contribution is 0.116. The predicted octanol–water partition coefficient (Wildman–Crippen LogP) is 0.866. The maximum atomic E-state index is 5.69. The minimum Gasteiger partial charge on any atom is -0.494 e. The first kappa shape index (κ1) is 18.5. The van der Waals surface area contributed by atoms with Crippen molar-refractivity contribution in [3.8, 4) is 5.75 Å². The number of likely N-dealkylation sites (N-methyl/N-ethyl adjacent to an activating group) is 2. The van der Waals surface area contributed by atoms with Crippen LogP contribution in [-0.2, 0) is 0 Å². The summed E-state index contributed by atoms with van der Waals surface area (Å²) < 4.78 is 5.69. The van der Waals surface area contributed by atoms with Crippen molar-refractivity contribution in [2.24, 2.45) is 4.99 Å². The third-order valence-corrected chi connectivity index (χ3v) is 4.33. The van der Waals surface area contributed by atoms with Crippen molar-refractivity contribution in [2.75, 3.05) is 60.5 Å². The summed E-state index contributed by atoms with van der Waals surface area (Å²) in [5.41, 5.74) is 0. The van der Waals surface area contributed by atoms with Gasteiger partial charge in [-0.2, -0.15) is 0 Å². The van der Waals surface area contributed by atoms with Crippen molar-refractivity contribution >= 4 is 5.96 Å². The van der Waals surface area contributed by atoms with E-state index in [4.69, 9.17) is 4.74 Å². The Morgan fingerprint density at radius 2 is 2.00 bits per heavy atom. The zero-order chi connectivity index (χ0) is 17.2. The molecule has 1 unspecified atom stereocenters. The summed E-state index contributed by atoms with van der Waals surface area (Å²) >= 11 is 0. The van der Waals surface area contributed by atoms with E-state index in [0.717, 1.165) is 50.9 Å². The average Bonchev–Trinajstić information content (AvgIpc) is 2.61. The van der Waals surface area contributed by atoms with Crippen molar-refractivity contribution in [2.45, 2.75) is 12.5 Å². The highest BCUT2D eigenvalue weighted by Gasteiger charge is 2.21. The van der Waals surface area contributed by atoms with Gasteiger partial charge in [0.15, 0.2) is 5.96 Å². The number of para-hydroxylation sites is 1. The van der Waals surface area contributed by atoms with Gasteiger partial charge in [-0.1, -0.05) is 18.2 Å². The minimum atomic E-state index is 0.517. The van der Waals surface area contributed by atoms with E-state index < -0.39 is 0 Å². The molecule has 2 N–H and O–H groups in total. The molecule has 0 spiro atoms. The van der Waals surface area contributed by atoms with Crippen LogP contribution in [0.4, 0.5) is 0 Å². The Kier molecular flexibility index (Phi) is 7.85. The number of piperazine rings is 1. The lowest BCUT2D eigenvalue weighted by Gasteiger charge is -2.37. The lowest BCUT2D eigenvalue weighted by Crippen LogP contribution is -2.55. The molecule has 1 fully saturated rings. The summed E-state index contributed by atoms with van der Waals surface area (Å²) in [5, 5.41) is 6.78. The molecule has 24 heavy (non-hydrogen) atoms. The Bertz CT molecular complexity index is 493. The Hall–Kier alpha value is -1.79. The molecule has 1 atom stereocenters. The van der Waals surface area contributed by atoms with Gasteiger partial charge in [-0.15, -0.1) is 0 Å². The third-order valence-electron chi connectivity index (χ3n) is 4.33. The van der Waals surface area contributed by atoms with E-state index in [1.54, 1.807) is 0 Å². The first-order valence-corrected chi connectivity index (χ1v) is 8.70. The zero-order valence-electron chi connectivity index (χ0n) is 15.2. The minimum absolute atomic E-state index is 0.517. The topological polar surface area (TPSA) is 52.1 Å². The van der Waals surface area contributed by atoms with Crippen LogP contribution in [0.1, 0.15) is 6.42 Å². The summed E-state index contributed by atoms with van der Waals surface area (Å²) in [5.74, 6) is 1.78. The molecule has 0 bridgehead atoms. The first-order chi connectivity index (χ1) is 11.7. The Balaban J connectivity index is 1.60. The lowest BCUT2D eigenvalue weighted by atomic mass is 10.2. The molecular weight excluding hydrogens is 302 g/mol. The standard InChI is InChI=1S/C18H31N5O/c1-19-18(21-14-16-15-22(2)11-12-23(16)3)20-10-7-13-24-17-8-5-4-6-9-17/h4-6,8-9,16H,7,10-15H2,1-3H3,(H2,19,20,21).